The molecule has 0 atom stereocenters. The second kappa shape index (κ2) is 6.30. The number of pyridine rings is 1. The summed E-state index contributed by atoms with van der Waals surface area (Å²) >= 11 is 0. The smallest absolute Gasteiger partial charge is 0.228 e. The fraction of sp³-hybridized carbons (Fsp3) is 0.200. The number of nitrogens with zero attached hydrogens (tertiary/aromatic N) is 1. The summed E-state index contributed by atoms with van der Waals surface area (Å²) in [6.45, 7) is 3.51. The van der Waals surface area contributed by atoms with E-state index >= 15 is 0 Å². The van der Waals surface area contributed by atoms with E-state index in [0.29, 0.717) is 11.6 Å². The van der Waals surface area contributed by atoms with E-state index in [4.69, 9.17) is 4.74 Å². The highest BCUT2D eigenvalue weighted by molar-refractivity contribution is 5.91. The van der Waals surface area contributed by atoms with Gasteiger partial charge in [-0.3, -0.25) is 4.79 Å². The van der Waals surface area contributed by atoms with Gasteiger partial charge in [0, 0.05) is 37.8 Å². The lowest BCUT2D eigenvalue weighted by atomic mass is 10.2. The van der Waals surface area contributed by atoms with E-state index in [1.54, 1.807) is 13.8 Å². The first kappa shape index (κ1) is 14.9. The van der Waals surface area contributed by atoms with Crippen LogP contribution in [0.3, 0.4) is 0 Å². The van der Waals surface area contributed by atoms with Gasteiger partial charge in [0.05, 0.1) is 0 Å². The van der Waals surface area contributed by atoms with Gasteiger partial charge in [0.2, 0.25) is 5.91 Å². The molecule has 0 unspecified atom stereocenters. The highest BCUT2D eigenvalue weighted by atomic mass is 19.1. The summed E-state index contributed by atoms with van der Waals surface area (Å²) in [7, 11) is 0. The van der Waals surface area contributed by atoms with Crippen LogP contribution < -0.4 is 10.1 Å². The summed E-state index contributed by atoms with van der Waals surface area (Å²) in [6, 6.07) is 5.89. The zero-order chi connectivity index (χ0) is 15.4. The van der Waals surface area contributed by atoms with Crippen LogP contribution in [-0.2, 0) is 4.79 Å². The van der Waals surface area contributed by atoms with Crippen LogP contribution in [0.15, 0.2) is 36.5 Å². The van der Waals surface area contributed by atoms with Crippen molar-refractivity contribution < 1.29 is 19.7 Å². The Balaban J connectivity index is 0.00000242. The van der Waals surface area contributed by atoms with Gasteiger partial charge in [-0.05, 0) is 6.07 Å². The summed E-state index contributed by atoms with van der Waals surface area (Å²) in [6.07, 6.45) is 1.43. The van der Waals surface area contributed by atoms with Gasteiger partial charge < -0.3 is 10.1 Å². The first-order valence-electron chi connectivity index (χ1n) is 6.35. The summed E-state index contributed by atoms with van der Waals surface area (Å²) in [5, 5.41) is 2.61. The minimum Gasteiger partial charge on any atom is -0.457 e. The van der Waals surface area contributed by atoms with Crippen LogP contribution >= 0.6 is 0 Å². The Morgan fingerprint density at radius 3 is 2.48 bits per heavy atom. The summed E-state index contributed by atoms with van der Waals surface area (Å²) < 4.78 is 31.5. The lowest BCUT2D eigenvalue weighted by molar-refractivity contribution is -0.118. The van der Waals surface area contributed by atoms with Gasteiger partial charge in [0.25, 0.3) is 0 Å². The van der Waals surface area contributed by atoms with Crippen LogP contribution in [-0.4, -0.2) is 10.9 Å². The molecule has 0 aliphatic carbocycles. The Morgan fingerprint density at radius 2 is 1.86 bits per heavy atom. The van der Waals surface area contributed by atoms with Crippen LogP contribution in [0.25, 0.3) is 0 Å². The quantitative estimate of drug-likeness (QED) is 0.927. The van der Waals surface area contributed by atoms with E-state index in [2.05, 4.69) is 10.3 Å². The number of hydrogen-bond donors (Lipinski definition) is 1. The molecule has 0 fully saturated rings. The fourth-order valence-electron chi connectivity index (χ4n) is 1.54. The van der Waals surface area contributed by atoms with Crippen LogP contribution in [0.5, 0.6) is 11.5 Å². The standard InChI is InChI=1S/C15H14F2N2O2.H2/c1-9(2)15(20)19-14-8-12(3-4-18-14)21-13-6-10(16)5-11(17)7-13;/h3-9H,1-2H3,(H,18,19,20);1H. The van der Waals surface area contributed by atoms with E-state index in [1.807, 2.05) is 0 Å². The molecule has 0 radical (unpaired) electrons. The van der Waals surface area contributed by atoms with E-state index in [0.717, 1.165) is 18.2 Å². The minimum absolute atomic E-state index is 0. The lowest BCUT2D eigenvalue weighted by Gasteiger charge is -2.09. The second-order valence-electron chi connectivity index (χ2n) is 4.73. The molecule has 4 nitrogen and oxygen atoms in total. The molecule has 0 aliphatic rings. The van der Waals surface area contributed by atoms with E-state index in [1.165, 1.54) is 18.3 Å². The molecule has 0 aliphatic heterocycles. The number of carbonyl (C=O) groups is 1. The number of carbonyl (C=O) groups excluding carboxylic acids is 1. The first-order valence-corrected chi connectivity index (χ1v) is 6.35. The monoisotopic (exact) mass is 294 g/mol. The number of ether oxygens (including phenoxy) is 1. The zero-order valence-electron chi connectivity index (χ0n) is 11.6. The molecule has 0 spiro atoms. The van der Waals surface area contributed by atoms with Crippen molar-refractivity contribution in [3.63, 3.8) is 0 Å². The predicted molar refractivity (Wildman–Crippen MR) is 76.3 cm³/mol. The highest BCUT2D eigenvalue weighted by Gasteiger charge is 2.09. The maximum absolute atomic E-state index is 13.1. The van der Waals surface area contributed by atoms with Gasteiger partial charge in [0.1, 0.15) is 29.0 Å². The molecule has 1 N–H and O–H groups in total. The molecule has 1 aromatic heterocycles. The van der Waals surface area contributed by atoms with Gasteiger partial charge in [-0.1, -0.05) is 13.8 Å². The fourth-order valence-corrected chi connectivity index (χ4v) is 1.54. The third-order valence-corrected chi connectivity index (χ3v) is 2.58. The Bertz CT molecular complexity index is 645. The Hall–Kier alpha value is -2.50. The number of benzene rings is 1. The Kier molecular flexibility index (Phi) is 4.47. The number of anilines is 1. The number of aromatic nitrogens is 1. The number of rotatable bonds is 4. The van der Waals surface area contributed by atoms with Crippen LogP contribution in [0.2, 0.25) is 0 Å². The maximum atomic E-state index is 13.1. The van der Waals surface area contributed by atoms with E-state index in [-0.39, 0.29) is 19.0 Å². The number of amides is 1. The van der Waals surface area contributed by atoms with Gasteiger partial charge in [0.15, 0.2) is 0 Å². The van der Waals surface area contributed by atoms with Crippen molar-refractivity contribution in [1.82, 2.24) is 4.98 Å². The molecule has 2 aromatic rings. The summed E-state index contributed by atoms with van der Waals surface area (Å²) in [5.41, 5.74) is 0. The molecular weight excluding hydrogens is 278 g/mol. The Labute approximate surface area is 122 Å². The third-order valence-electron chi connectivity index (χ3n) is 2.58. The van der Waals surface area contributed by atoms with Gasteiger partial charge >= 0.3 is 0 Å². The van der Waals surface area contributed by atoms with Crippen LogP contribution in [0.4, 0.5) is 14.6 Å². The number of halogens is 2. The first-order chi connectivity index (χ1) is 9.94. The predicted octanol–water partition coefficient (Wildman–Crippen LogP) is 3.99. The second-order valence-corrected chi connectivity index (χ2v) is 4.73. The summed E-state index contributed by atoms with van der Waals surface area (Å²) in [5.74, 6) is -1.18. The number of nitrogens with one attached hydrogen (secondary N) is 1. The lowest BCUT2D eigenvalue weighted by Crippen LogP contribution is -2.18. The van der Waals surface area contributed by atoms with Gasteiger partial charge in [-0.2, -0.15) is 0 Å². The molecule has 1 aromatic carbocycles. The molecule has 112 valence electrons. The van der Waals surface area contributed by atoms with Crippen molar-refractivity contribution in [2.45, 2.75) is 13.8 Å². The molecule has 0 saturated heterocycles. The molecule has 1 amide bonds. The average Bonchev–Trinajstić information content (AvgIpc) is 2.37. The van der Waals surface area contributed by atoms with Crippen molar-refractivity contribution >= 4 is 11.7 Å². The van der Waals surface area contributed by atoms with Crippen molar-refractivity contribution in [2.24, 2.45) is 5.92 Å². The molecule has 1 heterocycles. The van der Waals surface area contributed by atoms with Crippen molar-refractivity contribution in [3.8, 4) is 11.5 Å². The van der Waals surface area contributed by atoms with Crippen molar-refractivity contribution in [2.75, 3.05) is 5.32 Å². The molecular formula is C15H16F2N2O2. The molecule has 21 heavy (non-hydrogen) atoms. The van der Waals surface area contributed by atoms with Gasteiger partial charge in [-0.15, -0.1) is 0 Å². The molecule has 0 saturated carbocycles. The molecule has 6 heteroatoms. The summed E-state index contributed by atoms with van der Waals surface area (Å²) in [4.78, 5) is 15.6. The van der Waals surface area contributed by atoms with Crippen molar-refractivity contribution in [1.29, 1.82) is 0 Å². The molecule has 0 bridgehead atoms. The number of hydrogen-bond acceptors (Lipinski definition) is 3. The minimum atomic E-state index is -0.729. The SMILES string of the molecule is CC(C)C(=O)Nc1cc(Oc2cc(F)cc(F)c2)ccn1.[HH]. The molecule has 2 rings (SSSR count). The zero-order valence-corrected chi connectivity index (χ0v) is 11.6. The average molecular weight is 294 g/mol. The third kappa shape index (κ3) is 4.24. The van der Waals surface area contributed by atoms with Crippen molar-refractivity contribution in [3.05, 3.63) is 48.2 Å². The topological polar surface area (TPSA) is 51.2 Å². The largest absolute Gasteiger partial charge is 0.457 e. The highest BCUT2D eigenvalue weighted by Crippen LogP contribution is 2.24. The van der Waals surface area contributed by atoms with Crippen LogP contribution in [0.1, 0.15) is 15.3 Å². The van der Waals surface area contributed by atoms with Crippen LogP contribution in [0, 0.1) is 17.6 Å². The normalized spacial score (nSPS) is 10.5. The maximum Gasteiger partial charge on any atom is 0.228 e. The van der Waals surface area contributed by atoms with E-state index < -0.39 is 11.6 Å². The Morgan fingerprint density at radius 1 is 1.19 bits per heavy atom. The van der Waals surface area contributed by atoms with E-state index in [9.17, 15) is 13.6 Å². The van der Waals surface area contributed by atoms with Gasteiger partial charge in [-0.25, -0.2) is 13.8 Å².